The van der Waals surface area contributed by atoms with Gasteiger partial charge in [-0.05, 0) is 55.8 Å². The summed E-state index contributed by atoms with van der Waals surface area (Å²) >= 11 is 16.0. The third-order valence-electron chi connectivity index (χ3n) is 7.10. The number of carbonyl (C=O) groups is 3. The predicted molar refractivity (Wildman–Crippen MR) is 120 cm³/mol. The first-order valence-electron chi connectivity index (χ1n) is 10.1. The van der Waals surface area contributed by atoms with Gasteiger partial charge in [0.2, 0.25) is 17.7 Å². The van der Waals surface area contributed by atoms with E-state index in [1.54, 1.807) is 12.1 Å². The van der Waals surface area contributed by atoms with E-state index in [1.807, 2.05) is 18.2 Å². The fourth-order valence-electron chi connectivity index (χ4n) is 6.07. The highest BCUT2D eigenvalue weighted by atomic mass is 79.9. The Hall–Kier alpha value is -1.93. The highest BCUT2D eigenvalue weighted by molar-refractivity contribution is 9.10. The standard InChI is InChI=1S/C22H16BrCl2N3O3/c23-10-3-6-14-12(8-10)22(21(31)26-14)18-17(15-2-1-7-27(15)22)19(29)28(20(18)30)16-9-11(24)4-5-13(16)25/h3-6,8-9,15,17-18H,1-2,7H2,(H,26,31)/t15-,17+,18+,22-/m0/s1. The highest BCUT2D eigenvalue weighted by Crippen LogP contribution is 2.61. The largest absolute Gasteiger partial charge is 0.324 e. The first-order chi connectivity index (χ1) is 14.9. The van der Waals surface area contributed by atoms with E-state index in [0.29, 0.717) is 17.3 Å². The van der Waals surface area contributed by atoms with Crippen molar-refractivity contribution in [3.05, 3.63) is 56.5 Å². The number of imide groups is 1. The first-order valence-corrected chi connectivity index (χ1v) is 11.6. The zero-order valence-corrected chi connectivity index (χ0v) is 19.2. The van der Waals surface area contributed by atoms with Crippen molar-refractivity contribution < 1.29 is 14.4 Å². The molecule has 0 unspecified atom stereocenters. The van der Waals surface area contributed by atoms with Crippen LogP contribution in [0.1, 0.15) is 18.4 Å². The Balaban J connectivity index is 1.58. The Labute approximate surface area is 196 Å². The number of anilines is 2. The van der Waals surface area contributed by atoms with E-state index >= 15 is 0 Å². The maximum Gasteiger partial charge on any atom is 0.250 e. The van der Waals surface area contributed by atoms with Crippen LogP contribution in [0.2, 0.25) is 10.0 Å². The number of nitrogens with one attached hydrogen (secondary N) is 1. The van der Waals surface area contributed by atoms with Gasteiger partial charge in [-0.3, -0.25) is 19.3 Å². The molecule has 2 aromatic carbocycles. The molecule has 1 N–H and O–H groups in total. The number of hydrogen-bond acceptors (Lipinski definition) is 4. The summed E-state index contributed by atoms with van der Waals surface area (Å²) in [6.07, 6.45) is 1.63. The van der Waals surface area contributed by atoms with Gasteiger partial charge in [-0.15, -0.1) is 0 Å². The van der Waals surface area contributed by atoms with Crippen LogP contribution in [-0.2, 0) is 19.9 Å². The molecule has 6 rings (SSSR count). The molecule has 2 aromatic rings. The van der Waals surface area contributed by atoms with Gasteiger partial charge in [0.15, 0.2) is 0 Å². The van der Waals surface area contributed by atoms with Crippen molar-refractivity contribution in [3.63, 3.8) is 0 Å². The number of fused-ring (bicyclic) bond motifs is 7. The van der Waals surface area contributed by atoms with Crippen molar-refractivity contribution in [2.24, 2.45) is 11.8 Å². The molecule has 4 atom stereocenters. The van der Waals surface area contributed by atoms with Gasteiger partial charge in [-0.1, -0.05) is 39.1 Å². The van der Waals surface area contributed by atoms with Crippen LogP contribution in [0.4, 0.5) is 11.4 Å². The van der Waals surface area contributed by atoms with Gasteiger partial charge < -0.3 is 5.32 Å². The quantitative estimate of drug-likeness (QED) is 0.572. The van der Waals surface area contributed by atoms with Gasteiger partial charge in [0, 0.05) is 26.8 Å². The van der Waals surface area contributed by atoms with E-state index in [1.165, 1.54) is 6.07 Å². The smallest absolute Gasteiger partial charge is 0.250 e. The average molecular weight is 521 g/mol. The molecule has 6 nitrogen and oxygen atoms in total. The molecule has 0 bridgehead atoms. The molecule has 4 heterocycles. The molecule has 158 valence electrons. The summed E-state index contributed by atoms with van der Waals surface area (Å²) in [6, 6.07) is 10.1. The summed E-state index contributed by atoms with van der Waals surface area (Å²) in [6.45, 7) is 0.662. The molecule has 3 fully saturated rings. The summed E-state index contributed by atoms with van der Waals surface area (Å²) in [5.74, 6) is -2.41. The van der Waals surface area contributed by atoms with Gasteiger partial charge in [-0.25, -0.2) is 4.90 Å². The van der Waals surface area contributed by atoms with Crippen LogP contribution in [0, 0.1) is 11.8 Å². The lowest BCUT2D eigenvalue weighted by atomic mass is 9.75. The summed E-state index contributed by atoms with van der Waals surface area (Å²) in [7, 11) is 0. The van der Waals surface area contributed by atoms with E-state index in [-0.39, 0.29) is 28.6 Å². The molecule has 9 heteroatoms. The topological polar surface area (TPSA) is 69.7 Å². The van der Waals surface area contributed by atoms with Crippen LogP contribution in [0.3, 0.4) is 0 Å². The Morgan fingerprint density at radius 3 is 2.68 bits per heavy atom. The van der Waals surface area contributed by atoms with Crippen LogP contribution in [0.25, 0.3) is 0 Å². The second-order valence-corrected chi connectivity index (χ2v) is 10.2. The monoisotopic (exact) mass is 519 g/mol. The zero-order valence-electron chi connectivity index (χ0n) is 16.1. The number of hydrogen-bond donors (Lipinski definition) is 1. The van der Waals surface area contributed by atoms with Gasteiger partial charge in [0.1, 0.15) is 5.54 Å². The number of benzene rings is 2. The second kappa shape index (κ2) is 6.54. The van der Waals surface area contributed by atoms with Crippen LogP contribution in [-0.4, -0.2) is 35.2 Å². The van der Waals surface area contributed by atoms with E-state index in [0.717, 1.165) is 27.8 Å². The van der Waals surface area contributed by atoms with Crippen molar-refractivity contribution in [3.8, 4) is 0 Å². The van der Waals surface area contributed by atoms with Crippen molar-refractivity contribution in [1.29, 1.82) is 0 Å². The Bertz CT molecular complexity index is 1200. The molecule has 1 spiro atoms. The lowest BCUT2D eigenvalue weighted by Gasteiger charge is -2.36. The summed E-state index contributed by atoms with van der Waals surface area (Å²) in [4.78, 5) is 44.3. The maximum absolute atomic E-state index is 13.9. The lowest BCUT2D eigenvalue weighted by molar-refractivity contribution is -0.135. The minimum atomic E-state index is -1.21. The highest BCUT2D eigenvalue weighted by Gasteiger charge is 2.74. The molecular formula is C22H16BrCl2N3O3. The van der Waals surface area contributed by atoms with Crippen molar-refractivity contribution in [1.82, 2.24) is 4.90 Å². The molecule has 3 saturated heterocycles. The fourth-order valence-corrected chi connectivity index (χ4v) is 6.80. The van der Waals surface area contributed by atoms with E-state index in [2.05, 4.69) is 26.1 Å². The second-order valence-electron chi connectivity index (χ2n) is 8.42. The number of rotatable bonds is 1. The Kier molecular flexibility index (Phi) is 4.16. The minimum absolute atomic E-state index is 0.180. The molecule has 4 aliphatic rings. The lowest BCUT2D eigenvalue weighted by Crippen LogP contribution is -2.54. The Morgan fingerprint density at radius 2 is 1.87 bits per heavy atom. The van der Waals surface area contributed by atoms with Gasteiger partial charge in [0.25, 0.3) is 0 Å². The average Bonchev–Trinajstić information content (AvgIpc) is 3.43. The van der Waals surface area contributed by atoms with Crippen molar-refractivity contribution in [2.75, 3.05) is 16.8 Å². The van der Waals surface area contributed by atoms with Crippen LogP contribution >= 0.6 is 39.1 Å². The SMILES string of the molecule is O=C1[C@@H]2[C@@H]3CCCN3[C@]3(C(=O)Nc4ccc(Br)cc43)[C@H]2C(=O)N1c1cc(Cl)ccc1Cl. The van der Waals surface area contributed by atoms with Gasteiger partial charge >= 0.3 is 0 Å². The van der Waals surface area contributed by atoms with Crippen LogP contribution in [0.5, 0.6) is 0 Å². The Morgan fingerprint density at radius 1 is 1.06 bits per heavy atom. The normalized spacial score (nSPS) is 31.4. The first kappa shape index (κ1) is 19.7. The molecule has 4 aliphatic heterocycles. The molecule has 0 aliphatic carbocycles. The minimum Gasteiger partial charge on any atom is -0.324 e. The van der Waals surface area contributed by atoms with Crippen molar-refractivity contribution >= 4 is 68.2 Å². The van der Waals surface area contributed by atoms with Gasteiger partial charge in [0.05, 0.1) is 22.5 Å². The van der Waals surface area contributed by atoms with E-state index in [4.69, 9.17) is 23.2 Å². The van der Waals surface area contributed by atoms with E-state index < -0.39 is 23.3 Å². The zero-order chi connectivity index (χ0) is 21.7. The molecular weight excluding hydrogens is 505 g/mol. The van der Waals surface area contributed by atoms with Crippen LogP contribution < -0.4 is 10.2 Å². The summed E-state index contributed by atoms with van der Waals surface area (Å²) in [5, 5.41) is 3.61. The maximum atomic E-state index is 13.9. The third-order valence-corrected chi connectivity index (χ3v) is 8.15. The molecule has 0 radical (unpaired) electrons. The number of amides is 3. The number of halogens is 3. The van der Waals surface area contributed by atoms with Crippen LogP contribution in [0.15, 0.2) is 40.9 Å². The number of nitrogens with zero attached hydrogens (tertiary/aromatic N) is 2. The molecule has 3 amide bonds. The fraction of sp³-hybridized carbons (Fsp3) is 0.318. The summed E-state index contributed by atoms with van der Waals surface area (Å²) < 4.78 is 0.813. The molecule has 0 aromatic heterocycles. The summed E-state index contributed by atoms with van der Waals surface area (Å²) in [5.41, 5.74) is 0.480. The molecule has 0 saturated carbocycles. The molecule has 31 heavy (non-hydrogen) atoms. The van der Waals surface area contributed by atoms with E-state index in [9.17, 15) is 14.4 Å². The third kappa shape index (κ3) is 2.35. The number of carbonyl (C=O) groups excluding carboxylic acids is 3. The van der Waals surface area contributed by atoms with Gasteiger partial charge in [-0.2, -0.15) is 0 Å². The van der Waals surface area contributed by atoms with Crippen molar-refractivity contribution in [2.45, 2.75) is 24.4 Å². The predicted octanol–water partition coefficient (Wildman–Crippen LogP) is 4.19.